The number of ether oxygens (including phenoxy) is 1. The molecule has 0 saturated heterocycles. The molecule has 126 valence electrons. The van der Waals surface area contributed by atoms with Gasteiger partial charge in [0.25, 0.3) is 0 Å². The van der Waals surface area contributed by atoms with Crippen LogP contribution in [0.15, 0.2) is 57.7 Å². The van der Waals surface area contributed by atoms with E-state index in [1.165, 1.54) is 19.2 Å². The summed E-state index contributed by atoms with van der Waals surface area (Å²) in [6, 6.07) is 11.9. The maximum absolute atomic E-state index is 13.2. The van der Waals surface area contributed by atoms with E-state index >= 15 is 0 Å². The molecule has 3 aromatic carbocycles. The van der Waals surface area contributed by atoms with Crippen LogP contribution in [0.25, 0.3) is 32.7 Å². The molecule has 25 heavy (non-hydrogen) atoms. The maximum Gasteiger partial charge on any atom is 0.420 e. The van der Waals surface area contributed by atoms with Crippen molar-refractivity contribution in [2.24, 2.45) is 0 Å². The van der Waals surface area contributed by atoms with E-state index in [4.69, 9.17) is 9.15 Å². The second kappa shape index (κ2) is 5.24. The number of alkyl halides is 3. The van der Waals surface area contributed by atoms with E-state index in [0.717, 1.165) is 6.07 Å². The Labute approximate surface area is 139 Å². The zero-order chi connectivity index (χ0) is 17.8. The predicted molar refractivity (Wildman–Crippen MR) is 89.1 cm³/mol. The molecule has 4 aromatic rings. The second-order valence-electron chi connectivity index (χ2n) is 5.64. The van der Waals surface area contributed by atoms with Crippen LogP contribution in [-0.4, -0.2) is 7.11 Å². The van der Waals surface area contributed by atoms with Crippen LogP contribution >= 0.6 is 0 Å². The van der Waals surface area contributed by atoms with Gasteiger partial charge in [0.15, 0.2) is 5.58 Å². The van der Waals surface area contributed by atoms with Gasteiger partial charge in [0.1, 0.15) is 11.3 Å². The number of halogens is 3. The molecule has 0 bridgehead atoms. The summed E-state index contributed by atoms with van der Waals surface area (Å²) in [6.07, 6.45) is -4.61. The van der Waals surface area contributed by atoms with Crippen LogP contribution in [0.3, 0.4) is 0 Å². The first-order chi connectivity index (χ1) is 11.9. The summed E-state index contributed by atoms with van der Waals surface area (Å²) in [6.45, 7) is 0. The molecule has 0 spiro atoms. The van der Waals surface area contributed by atoms with Crippen molar-refractivity contribution < 1.29 is 22.3 Å². The third-order valence-corrected chi connectivity index (χ3v) is 4.18. The van der Waals surface area contributed by atoms with Gasteiger partial charge in [-0.15, -0.1) is 0 Å². The van der Waals surface area contributed by atoms with Crippen molar-refractivity contribution in [3.8, 4) is 5.75 Å². The number of hydrogen-bond acceptors (Lipinski definition) is 3. The SMILES string of the molecule is COc1cccc2cc3oc4c(C(F)(F)F)cccc4c(=O)c3cc12. The number of benzene rings is 3. The van der Waals surface area contributed by atoms with Gasteiger partial charge in [0, 0.05) is 5.39 Å². The zero-order valence-electron chi connectivity index (χ0n) is 13.0. The van der Waals surface area contributed by atoms with E-state index in [1.54, 1.807) is 30.3 Å². The molecule has 6 heteroatoms. The summed E-state index contributed by atoms with van der Waals surface area (Å²) in [5.74, 6) is 0.572. The molecule has 4 rings (SSSR count). The molecule has 3 nitrogen and oxygen atoms in total. The van der Waals surface area contributed by atoms with Crippen LogP contribution in [-0.2, 0) is 6.18 Å². The monoisotopic (exact) mass is 344 g/mol. The maximum atomic E-state index is 13.2. The molecule has 0 N–H and O–H groups in total. The first-order valence-corrected chi connectivity index (χ1v) is 7.43. The summed E-state index contributed by atoms with van der Waals surface area (Å²) in [5.41, 5.74) is -1.81. The van der Waals surface area contributed by atoms with Gasteiger partial charge in [-0.3, -0.25) is 4.79 Å². The van der Waals surface area contributed by atoms with E-state index in [9.17, 15) is 18.0 Å². The summed E-state index contributed by atoms with van der Waals surface area (Å²) in [7, 11) is 1.51. The number of fused-ring (bicyclic) bond motifs is 3. The average molecular weight is 344 g/mol. The van der Waals surface area contributed by atoms with Gasteiger partial charge in [0.05, 0.1) is 23.4 Å². The Kier molecular flexibility index (Phi) is 3.25. The lowest BCUT2D eigenvalue weighted by atomic mass is 10.0. The Morgan fingerprint density at radius 2 is 1.72 bits per heavy atom. The molecule has 0 aliphatic carbocycles. The van der Waals surface area contributed by atoms with Crippen LogP contribution in [0.2, 0.25) is 0 Å². The fourth-order valence-electron chi connectivity index (χ4n) is 3.02. The molecule has 0 aliphatic heterocycles. The normalized spacial score (nSPS) is 12.2. The number of methoxy groups -OCH3 is 1. The lowest BCUT2D eigenvalue weighted by Gasteiger charge is -2.11. The van der Waals surface area contributed by atoms with Gasteiger partial charge in [-0.2, -0.15) is 13.2 Å². The number of para-hydroxylation sites is 1. The largest absolute Gasteiger partial charge is 0.496 e. The van der Waals surface area contributed by atoms with Crippen molar-refractivity contribution in [2.45, 2.75) is 6.18 Å². The van der Waals surface area contributed by atoms with Gasteiger partial charge >= 0.3 is 6.18 Å². The lowest BCUT2D eigenvalue weighted by molar-refractivity contribution is -0.136. The lowest BCUT2D eigenvalue weighted by Crippen LogP contribution is -2.09. The molecule has 1 heterocycles. The molecule has 0 amide bonds. The summed E-state index contributed by atoms with van der Waals surface area (Å²) in [4.78, 5) is 12.7. The Hall–Kier alpha value is -3.02. The van der Waals surface area contributed by atoms with Crippen molar-refractivity contribution in [2.75, 3.05) is 7.11 Å². The molecule has 0 atom stereocenters. The minimum absolute atomic E-state index is 0.100. The second-order valence-corrected chi connectivity index (χ2v) is 5.64. The topological polar surface area (TPSA) is 39.4 Å². The van der Waals surface area contributed by atoms with Gasteiger partial charge in [-0.1, -0.05) is 18.2 Å². The highest BCUT2D eigenvalue weighted by molar-refractivity contribution is 6.01. The molecular formula is C19H11F3O3. The van der Waals surface area contributed by atoms with Crippen molar-refractivity contribution >= 4 is 32.7 Å². The van der Waals surface area contributed by atoms with Crippen LogP contribution in [0.5, 0.6) is 5.75 Å². The summed E-state index contributed by atoms with van der Waals surface area (Å²) >= 11 is 0. The standard InChI is InChI=1S/C19H11F3O3/c1-24-15-7-2-4-10-8-16-13(9-12(10)15)17(23)11-5-3-6-14(18(11)25-16)19(20,21)22/h2-9H,1H3. The predicted octanol–water partition coefficient (Wildman–Crippen LogP) is 5.13. The summed E-state index contributed by atoms with van der Waals surface area (Å²) < 4.78 is 50.5. The third-order valence-electron chi connectivity index (χ3n) is 4.18. The first kappa shape index (κ1) is 15.5. The van der Waals surface area contributed by atoms with Crippen molar-refractivity contribution in [1.82, 2.24) is 0 Å². The van der Waals surface area contributed by atoms with E-state index < -0.39 is 22.8 Å². The third kappa shape index (κ3) is 2.33. The van der Waals surface area contributed by atoms with Crippen LogP contribution in [0, 0.1) is 0 Å². The molecule has 0 fully saturated rings. The van der Waals surface area contributed by atoms with E-state index in [2.05, 4.69) is 0 Å². The highest BCUT2D eigenvalue weighted by Crippen LogP contribution is 2.36. The smallest absolute Gasteiger partial charge is 0.420 e. The summed E-state index contributed by atoms with van der Waals surface area (Å²) in [5, 5.41) is 1.51. The van der Waals surface area contributed by atoms with E-state index in [-0.39, 0.29) is 16.4 Å². The van der Waals surface area contributed by atoms with Gasteiger partial charge < -0.3 is 9.15 Å². The minimum atomic E-state index is -4.61. The van der Waals surface area contributed by atoms with Gasteiger partial charge in [-0.05, 0) is 35.7 Å². The molecule has 0 aliphatic rings. The molecule has 0 saturated carbocycles. The molecule has 1 aromatic heterocycles. The van der Waals surface area contributed by atoms with Crippen LogP contribution < -0.4 is 10.2 Å². The number of hydrogen-bond donors (Lipinski definition) is 0. The van der Waals surface area contributed by atoms with Crippen LogP contribution in [0.1, 0.15) is 5.56 Å². The Morgan fingerprint density at radius 1 is 0.960 bits per heavy atom. The van der Waals surface area contributed by atoms with Gasteiger partial charge in [0.2, 0.25) is 5.43 Å². The van der Waals surface area contributed by atoms with Crippen molar-refractivity contribution in [3.63, 3.8) is 0 Å². The molecule has 0 unspecified atom stereocenters. The zero-order valence-corrected chi connectivity index (χ0v) is 13.0. The fraction of sp³-hybridized carbons (Fsp3) is 0.105. The molecular weight excluding hydrogens is 333 g/mol. The number of rotatable bonds is 1. The molecule has 0 radical (unpaired) electrons. The Bertz CT molecular complexity index is 1190. The Morgan fingerprint density at radius 3 is 2.44 bits per heavy atom. The fourth-order valence-corrected chi connectivity index (χ4v) is 3.02. The first-order valence-electron chi connectivity index (χ1n) is 7.43. The van der Waals surface area contributed by atoms with E-state index in [1.807, 2.05) is 0 Å². The van der Waals surface area contributed by atoms with E-state index in [0.29, 0.717) is 16.5 Å². The van der Waals surface area contributed by atoms with Crippen molar-refractivity contribution in [3.05, 3.63) is 64.3 Å². The van der Waals surface area contributed by atoms with Gasteiger partial charge in [-0.25, -0.2) is 0 Å². The quantitative estimate of drug-likeness (QED) is 0.450. The van der Waals surface area contributed by atoms with Crippen LogP contribution in [0.4, 0.5) is 13.2 Å². The Balaban J connectivity index is 2.19. The minimum Gasteiger partial charge on any atom is -0.496 e. The average Bonchev–Trinajstić information content (AvgIpc) is 2.58. The van der Waals surface area contributed by atoms with Crippen molar-refractivity contribution in [1.29, 1.82) is 0 Å². The highest BCUT2D eigenvalue weighted by Gasteiger charge is 2.34. The highest BCUT2D eigenvalue weighted by atomic mass is 19.4.